The molecule has 0 bridgehead atoms. The maximum Gasteiger partial charge on any atom is 0.233 e. The summed E-state index contributed by atoms with van der Waals surface area (Å²) in [4.78, 5) is 17.6. The smallest absolute Gasteiger partial charge is 0.233 e. The molecule has 32 heavy (non-hydrogen) atoms. The molecule has 9 heteroatoms. The zero-order valence-corrected chi connectivity index (χ0v) is 19.1. The number of aryl methyl sites for hydroxylation is 2. The molecule has 0 fully saturated rings. The summed E-state index contributed by atoms with van der Waals surface area (Å²) in [5.74, 6) is 0.595. The van der Waals surface area contributed by atoms with Crippen LogP contribution in [-0.4, -0.2) is 30.9 Å². The number of fused-ring (bicyclic) bond motifs is 1. The molecule has 0 aliphatic rings. The molecule has 0 unspecified atom stereocenters. The van der Waals surface area contributed by atoms with E-state index in [9.17, 15) is 4.79 Å². The second-order valence-corrected chi connectivity index (χ2v) is 8.63. The molecule has 0 aliphatic heterocycles. The molecule has 0 saturated carbocycles. The first kappa shape index (κ1) is 21.9. The van der Waals surface area contributed by atoms with Gasteiger partial charge in [-0.1, -0.05) is 37.7 Å². The molecule has 0 aliphatic carbocycles. The lowest BCUT2D eigenvalue weighted by Gasteiger charge is -2.18. The van der Waals surface area contributed by atoms with Crippen molar-refractivity contribution in [2.75, 3.05) is 0 Å². The fourth-order valence-corrected chi connectivity index (χ4v) is 4.53. The number of nitrogens with one attached hydrogen (secondary N) is 3. The van der Waals surface area contributed by atoms with Gasteiger partial charge in [-0.2, -0.15) is 5.10 Å². The number of amides is 1. The normalized spacial score (nSPS) is 12.2. The summed E-state index contributed by atoms with van der Waals surface area (Å²) in [6, 6.07) is 11.7. The van der Waals surface area contributed by atoms with E-state index in [4.69, 9.17) is 14.8 Å². The molecule has 0 spiro atoms. The average Bonchev–Trinajstić information content (AvgIpc) is 3.46. The maximum absolute atomic E-state index is 12.9. The molecule has 1 aromatic carbocycles. The van der Waals surface area contributed by atoms with E-state index in [-0.39, 0.29) is 11.2 Å². The quantitative estimate of drug-likeness (QED) is 0.279. The number of carbonyl (C=O) groups is 1. The Morgan fingerprint density at radius 2 is 2.06 bits per heavy atom. The van der Waals surface area contributed by atoms with Gasteiger partial charge >= 0.3 is 0 Å². The highest BCUT2D eigenvalue weighted by Gasteiger charge is 2.23. The summed E-state index contributed by atoms with van der Waals surface area (Å²) in [6.07, 6.45) is 3.13. The summed E-state index contributed by atoms with van der Waals surface area (Å²) in [5.41, 5.74) is 3.60. The minimum absolute atomic E-state index is 0.103. The summed E-state index contributed by atoms with van der Waals surface area (Å²) >= 11 is 1.34. The molecule has 3 N–H and O–H groups in total. The Morgan fingerprint density at radius 1 is 1.28 bits per heavy atom. The minimum atomic E-state index is -0.379. The van der Waals surface area contributed by atoms with Gasteiger partial charge in [0.15, 0.2) is 10.8 Å². The lowest BCUT2D eigenvalue weighted by atomic mass is 10.1. The molecule has 4 rings (SSSR count). The molecular weight excluding hydrogens is 424 g/mol. The highest BCUT2D eigenvalue weighted by molar-refractivity contribution is 8.00. The Balaban J connectivity index is 1.71. The van der Waals surface area contributed by atoms with E-state index < -0.39 is 0 Å². The Morgan fingerprint density at radius 3 is 2.72 bits per heavy atom. The van der Waals surface area contributed by atoms with Crippen LogP contribution in [0, 0.1) is 12.3 Å². The molecule has 3 heterocycles. The molecule has 8 nitrogen and oxygen atoms in total. The third kappa shape index (κ3) is 4.34. The summed E-state index contributed by atoms with van der Waals surface area (Å²) in [7, 11) is 0. The average molecular weight is 451 g/mol. The Bertz CT molecular complexity index is 1270. The van der Waals surface area contributed by atoms with E-state index in [2.05, 4.69) is 34.6 Å². The highest BCUT2D eigenvalue weighted by atomic mass is 32.2. The largest absolute Gasteiger partial charge is 0.467 e. The Labute approximate surface area is 190 Å². The number of carbonyl (C=O) groups excluding carboxylic acids is 1. The Kier molecular flexibility index (Phi) is 6.45. The van der Waals surface area contributed by atoms with E-state index in [0.29, 0.717) is 40.4 Å². The van der Waals surface area contributed by atoms with Crippen molar-refractivity contribution in [1.29, 1.82) is 5.41 Å². The molecular formula is C23H26N6O2S. The van der Waals surface area contributed by atoms with Gasteiger partial charge in [-0.3, -0.25) is 19.9 Å². The van der Waals surface area contributed by atoms with Crippen molar-refractivity contribution in [3.8, 4) is 5.69 Å². The van der Waals surface area contributed by atoms with Crippen LogP contribution in [0.25, 0.3) is 16.7 Å². The minimum Gasteiger partial charge on any atom is -0.467 e. The van der Waals surface area contributed by atoms with E-state index in [1.54, 1.807) is 16.9 Å². The van der Waals surface area contributed by atoms with Gasteiger partial charge in [0, 0.05) is 11.4 Å². The van der Waals surface area contributed by atoms with Crippen molar-refractivity contribution in [3.63, 3.8) is 0 Å². The zero-order chi connectivity index (χ0) is 22.7. The van der Waals surface area contributed by atoms with Gasteiger partial charge in [-0.15, -0.1) is 0 Å². The van der Waals surface area contributed by atoms with Crippen molar-refractivity contribution in [1.82, 2.24) is 25.1 Å². The summed E-state index contributed by atoms with van der Waals surface area (Å²) < 4.78 is 7.09. The second kappa shape index (κ2) is 9.44. The number of aromatic amines is 1. The predicted octanol–water partition coefficient (Wildman–Crippen LogP) is 3.88. The third-order valence-corrected chi connectivity index (χ3v) is 6.63. The molecule has 1 atom stereocenters. The summed E-state index contributed by atoms with van der Waals surface area (Å²) in [6.45, 7) is 6.28. The predicted molar refractivity (Wildman–Crippen MR) is 124 cm³/mol. The van der Waals surface area contributed by atoms with Crippen LogP contribution in [0.3, 0.4) is 0 Å². The van der Waals surface area contributed by atoms with Crippen LogP contribution in [0.5, 0.6) is 0 Å². The van der Waals surface area contributed by atoms with E-state index in [0.717, 1.165) is 17.8 Å². The summed E-state index contributed by atoms with van der Waals surface area (Å²) in [5, 5.41) is 19.8. The number of aromatic nitrogens is 4. The maximum atomic E-state index is 12.9. The van der Waals surface area contributed by atoms with Gasteiger partial charge in [0.1, 0.15) is 11.2 Å². The van der Waals surface area contributed by atoms with E-state index in [1.807, 2.05) is 32.0 Å². The number of nitrogens with zero attached hydrogens (tertiary/aromatic N) is 3. The molecule has 1 amide bonds. The standard InChI is InChI=1S/C23H26N6O2S/c1-4-15-8-10-16(11-9-15)29-20(24)19-14(3)27-28-21(19)26-23(29)32-18(5-2)22(30)25-13-17-7-6-12-31-17/h6-12,18,24H,4-5,13H2,1-3H3,(H,25,30)(H,27,28)/t18-/m1/s1. The van der Waals surface area contributed by atoms with Crippen LogP contribution in [-0.2, 0) is 17.8 Å². The Hall–Kier alpha value is -3.33. The number of furan rings is 1. The van der Waals surface area contributed by atoms with Crippen molar-refractivity contribution in [2.24, 2.45) is 0 Å². The van der Waals surface area contributed by atoms with Gasteiger partial charge in [0.2, 0.25) is 5.91 Å². The number of benzene rings is 1. The third-order valence-electron chi connectivity index (χ3n) is 5.31. The fraction of sp³-hybridized carbons (Fsp3) is 0.304. The van der Waals surface area contributed by atoms with Gasteiger partial charge in [0.25, 0.3) is 0 Å². The lowest BCUT2D eigenvalue weighted by Crippen LogP contribution is -2.32. The van der Waals surface area contributed by atoms with Crippen LogP contribution < -0.4 is 10.8 Å². The first-order chi connectivity index (χ1) is 15.5. The molecule has 166 valence electrons. The van der Waals surface area contributed by atoms with Crippen molar-refractivity contribution in [3.05, 3.63) is 65.2 Å². The lowest BCUT2D eigenvalue weighted by molar-refractivity contribution is -0.120. The molecule has 3 aromatic heterocycles. The van der Waals surface area contributed by atoms with Crippen LogP contribution >= 0.6 is 11.8 Å². The number of H-pyrrole nitrogens is 1. The van der Waals surface area contributed by atoms with Gasteiger partial charge in [-0.05, 0) is 49.6 Å². The van der Waals surface area contributed by atoms with E-state index >= 15 is 0 Å². The first-order valence-corrected chi connectivity index (χ1v) is 11.5. The number of hydrogen-bond acceptors (Lipinski definition) is 6. The molecule has 4 aromatic rings. The van der Waals surface area contributed by atoms with Crippen molar-refractivity contribution >= 4 is 28.7 Å². The monoisotopic (exact) mass is 450 g/mol. The van der Waals surface area contributed by atoms with Gasteiger partial charge < -0.3 is 9.73 Å². The van der Waals surface area contributed by atoms with Crippen molar-refractivity contribution in [2.45, 2.75) is 50.6 Å². The van der Waals surface area contributed by atoms with Crippen LogP contribution in [0.2, 0.25) is 0 Å². The van der Waals surface area contributed by atoms with Gasteiger partial charge in [-0.25, -0.2) is 4.98 Å². The molecule has 0 saturated heterocycles. The fourth-order valence-electron chi connectivity index (χ4n) is 3.48. The first-order valence-electron chi connectivity index (χ1n) is 10.6. The number of rotatable bonds is 8. The van der Waals surface area contributed by atoms with E-state index in [1.165, 1.54) is 17.3 Å². The SMILES string of the molecule is CCc1ccc(-n2c(S[C@H](CC)C(=O)NCc3ccco3)nc3n[nH]c(C)c3c2=N)cc1. The van der Waals surface area contributed by atoms with Crippen molar-refractivity contribution < 1.29 is 9.21 Å². The zero-order valence-electron chi connectivity index (χ0n) is 18.3. The topological polar surface area (TPSA) is 113 Å². The van der Waals surface area contributed by atoms with Crippen LogP contribution in [0.1, 0.15) is 37.3 Å². The highest BCUT2D eigenvalue weighted by Crippen LogP contribution is 2.27. The van der Waals surface area contributed by atoms with Crippen LogP contribution in [0.4, 0.5) is 0 Å². The van der Waals surface area contributed by atoms with Gasteiger partial charge in [0.05, 0.1) is 23.4 Å². The second-order valence-electron chi connectivity index (χ2n) is 7.46. The number of hydrogen-bond donors (Lipinski definition) is 3. The molecule has 0 radical (unpaired) electrons. The number of thioether (sulfide) groups is 1. The van der Waals surface area contributed by atoms with Crippen LogP contribution in [0.15, 0.2) is 52.2 Å².